The van der Waals surface area contributed by atoms with Crippen LogP contribution in [0.1, 0.15) is 36.7 Å². The molecule has 0 bridgehead atoms. The van der Waals surface area contributed by atoms with E-state index in [1.807, 2.05) is 37.3 Å². The van der Waals surface area contributed by atoms with Crippen molar-refractivity contribution in [3.05, 3.63) is 71.0 Å². The minimum atomic E-state index is -0.457. The van der Waals surface area contributed by atoms with Gasteiger partial charge in [0, 0.05) is 11.6 Å². The van der Waals surface area contributed by atoms with Crippen LogP contribution in [0.3, 0.4) is 0 Å². The molecule has 30 heavy (non-hydrogen) atoms. The fourth-order valence-corrected chi connectivity index (χ4v) is 3.27. The van der Waals surface area contributed by atoms with E-state index in [0.717, 1.165) is 16.9 Å². The molecule has 0 radical (unpaired) electrons. The van der Waals surface area contributed by atoms with E-state index in [1.54, 1.807) is 38.1 Å². The predicted molar refractivity (Wildman–Crippen MR) is 111 cm³/mol. The number of Topliss-reactive ketones (excluding diaryl/α,β-unsaturated/α-hetero) is 1. The lowest BCUT2D eigenvalue weighted by Crippen LogP contribution is -2.18. The quantitative estimate of drug-likeness (QED) is 0.543. The molecule has 0 aromatic heterocycles. The van der Waals surface area contributed by atoms with E-state index in [-0.39, 0.29) is 30.4 Å². The van der Waals surface area contributed by atoms with E-state index in [0.29, 0.717) is 17.1 Å². The Labute approximate surface area is 174 Å². The third-order valence-electron chi connectivity index (χ3n) is 4.68. The van der Waals surface area contributed by atoms with Gasteiger partial charge in [-0.05, 0) is 56.7 Å². The number of allylic oxidation sites excluding steroid dienone is 1. The van der Waals surface area contributed by atoms with Crippen molar-refractivity contribution in [2.75, 3.05) is 6.61 Å². The summed E-state index contributed by atoms with van der Waals surface area (Å²) in [6, 6.07) is 12.6. The largest absolute Gasteiger partial charge is 0.485 e. The first-order valence-electron chi connectivity index (χ1n) is 9.78. The Balaban J connectivity index is 1.51. The number of esters is 1. The first kappa shape index (κ1) is 19.8. The molecule has 0 N–H and O–H groups in total. The zero-order valence-electron chi connectivity index (χ0n) is 17.0. The van der Waals surface area contributed by atoms with Crippen LogP contribution in [0.15, 0.2) is 59.9 Å². The number of ether oxygens (including phenoxy) is 4. The van der Waals surface area contributed by atoms with Crippen molar-refractivity contribution in [2.45, 2.75) is 33.0 Å². The molecule has 0 spiro atoms. The van der Waals surface area contributed by atoms with E-state index in [9.17, 15) is 9.59 Å². The highest BCUT2D eigenvalue weighted by molar-refractivity contribution is 6.12. The molecule has 0 fully saturated rings. The molecule has 0 aliphatic carbocycles. The lowest BCUT2D eigenvalue weighted by atomic mass is 10.0. The lowest BCUT2D eigenvalue weighted by molar-refractivity contribution is -0.149. The summed E-state index contributed by atoms with van der Waals surface area (Å²) in [5.74, 6) is 1.19. The number of benzene rings is 2. The van der Waals surface area contributed by atoms with Crippen LogP contribution >= 0.6 is 0 Å². The first-order valence-corrected chi connectivity index (χ1v) is 9.78. The SMILES string of the molecule is CC(C)OC(=O)COc1ccc2c(c1)O/C(=C\C1=Cc3ccccc3O[C@H]1C)C2=O. The number of ketones is 1. The summed E-state index contributed by atoms with van der Waals surface area (Å²) in [5.41, 5.74) is 2.25. The van der Waals surface area contributed by atoms with Crippen LogP contribution < -0.4 is 14.2 Å². The maximum absolute atomic E-state index is 12.7. The summed E-state index contributed by atoms with van der Waals surface area (Å²) in [6.45, 7) is 5.25. The van der Waals surface area contributed by atoms with Gasteiger partial charge in [0.05, 0.1) is 11.7 Å². The molecular weight excluding hydrogens is 384 g/mol. The maximum atomic E-state index is 12.7. The second-order valence-corrected chi connectivity index (χ2v) is 7.37. The van der Waals surface area contributed by atoms with Gasteiger partial charge in [-0.3, -0.25) is 4.79 Å². The average Bonchev–Trinajstić information content (AvgIpc) is 3.01. The first-order chi connectivity index (χ1) is 14.4. The summed E-state index contributed by atoms with van der Waals surface area (Å²) < 4.78 is 22.2. The number of hydrogen-bond acceptors (Lipinski definition) is 6. The van der Waals surface area contributed by atoms with Gasteiger partial charge in [-0.1, -0.05) is 18.2 Å². The fraction of sp³-hybridized carbons (Fsp3) is 0.250. The van der Waals surface area contributed by atoms with Gasteiger partial charge in [-0.2, -0.15) is 0 Å². The predicted octanol–water partition coefficient (Wildman–Crippen LogP) is 4.34. The standard InChI is InChI=1S/C24H22O6/c1-14(2)28-23(25)13-27-18-8-9-19-21(12-18)30-22(24(19)26)11-17-10-16-6-4-5-7-20(16)29-15(17)3/h4-12,14-15H,13H2,1-3H3/b22-11-/t15-/m0/s1. The molecule has 1 atom stereocenters. The Bertz CT molecular complexity index is 1060. The van der Waals surface area contributed by atoms with Crippen molar-refractivity contribution < 1.29 is 28.5 Å². The molecule has 2 aromatic rings. The molecule has 4 rings (SSSR count). The van der Waals surface area contributed by atoms with Crippen molar-refractivity contribution in [3.8, 4) is 17.2 Å². The minimum absolute atomic E-state index is 0.206. The smallest absolute Gasteiger partial charge is 0.344 e. The Morgan fingerprint density at radius 1 is 1.17 bits per heavy atom. The molecule has 0 amide bonds. The van der Waals surface area contributed by atoms with Gasteiger partial charge in [-0.15, -0.1) is 0 Å². The zero-order chi connectivity index (χ0) is 21.3. The van der Waals surface area contributed by atoms with Gasteiger partial charge >= 0.3 is 5.97 Å². The van der Waals surface area contributed by atoms with E-state index in [1.165, 1.54) is 0 Å². The average molecular weight is 406 g/mol. The summed E-state index contributed by atoms with van der Waals surface area (Å²) in [7, 11) is 0. The normalized spacial score (nSPS) is 18.3. The second kappa shape index (κ2) is 8.06. The van der Waals surface area contributed by atoms with Crippen LogP contribution in [0, 0.1) is 0 Å². The second-order valence-electron chi connectivity index (χ2n) is 7.37. The van der Waals surface area contributed by atoms with Crippen LogP contribution in [0.25, 0.3) is 6.08 Å². The highest BCUT2D eigenvalue weighted by Gasteiger charge is 2.29. The van der Waals surface area contributed by atoms with Gasteiger partial charge in [0.2, 0.25) is 5.78 Å². The Morgan fingerprint density at radius 2 is 1.97 bits per heavy atom. The molecule has 0 unspecified atom stereocenters. The molecule has 2 aliphatic rings. The molecule has 6 heteroatoms. The molecule has 0 saturated carbocycles. The number of rotatable bonds is 5. The van der Waals surface area contributed by atoms with Gasteiger partial charge in [0.1, 0.15) is 23.4 Å². The van der Waals surface area contributed by atoms with Crippen LogP contribution in [0.2, 0.25) is 0 Å². The third-order valence-corrected chi connectivity index (χ3v) is 4.68. The van der Waals surface area contributed by atoms with E-state index in [2.05, 4.69) is 0 Å². The Hall–Kier alpha value is -3.54. The van der Waals surface area contributed by atoms with Crippen molar-refractivity contribution in [3.63, 3.8) is 0 Å². The number of fused-ring (bicyclic) bond motifs is 2. The highest BCUT2D eigenvalue weighted by atomic mass is 16.6. The summed E-state index contributed by atoms with van der Waals surface area (Å²) in [4.78, 5) is 24.4. The van der Waals surface area contributed by atoms with Crippen molar-refractivity contribution in [2.24, 2.45) is 0 Å². The number of carbonyl (C=O) groups excluding carboxylic acids is 2. The monoisotopic (exact) mass is 406 g/mol. The van der Waals surface area contributed by atoms with Gasteiger partial charge in [-0.25, -0.2) is 4.79 Å². The number of carbonyl (C=O) groups is 2. The molecule has 154 valence electrons. The number of hydrogen-bond donors (Lipinski definition) is 0. The van der Waals surface area contributed by atoms with E-state index < -0.39 is 5.97 Å². The maximum Gasteiger partial charge on any atom is 0.344 e. The van der Waals surface area contributed by atoms with Crippen molar-refractivity contribution >= 4 is 17.8 Å². The third kappa shape index (κ3) is 4.08. The lowest BCUT2D eigenvalue weighted by Gasteiger charge is -2.22. The minimum Gasteiger partial charge on any atom is -0.485 e. The zero-order valence-corrected chi connectivity index (χ0v) is 17.0. The van der Waals surface area contributed by atoms with Gasteiger partial charge in [0.25, 0.3) is 0 Å². The van der Waals surface area contributed by atoms with E-state index >= 15 is 0 Å². The van der Waals surface area contributed by atoms with Crippen molar-refractivity contribution in [1.29, 1.82) is 0 Å². The van der Waals surface area contributed by atoms with Crippen LogP contribution in [0.5, 0.6) is 17.2 Å². The highest BCUT2D eigenvalue weighted by Crippen LogP contribution is 2.36. The molecule has 6 nitrogen and oxygen atoms in total. The Kier molecular flexibility index (Phi) is 5.31. The summed E-state index contributed by atoms with van der Waals surface area (Å²) in [6.07, 6.45) is 3.29. The fourth-order valence-electron chi connectivity index (χ4n) is 3.27. The van der Waals surface area contributed by atoms with Gasteiger partial charge < -0.3 is 18.9 Å². The summed E-state index contributed by atoms with van der Waals surface area (Å²) >= 11 is 0. The molecule has 2 aliphatic heterocycles. The summed E-state index contributed by atoms with van der Waals surface area (Å²) in [5, 5.41) is 0. The Morgan fingerprint density at radius 3 is 2.77 bits per heavy atom. The van der Waals surface area contributed by atoms with Crippen LogP contribution in [0.4, 0.5) is 0 Å². The molecule has 0 saturated heterocycles. The van der Waals surface area contributed by atoms with Crippen LogP contribution in [-0.4, -0.2) is 30.6 Å². The molecular formula is C24H22O6. The molecule has 2 aromatic carbocycles. The topological polar surface area (TPSA) is 71.1 Å². The van der Waals surface area contributed by atoms with E-state index in [4.69, 9.17) is 18.9 Å². The van der Waals surface area contributed by atoms with Crippen molar-refractivity contribution in [1.82, 2.24) is 0 Å². The van der Waals surface area contributed by atoms with Gasteiger partial charge in [0.15, 0.2) is 12.4 Å². The number of para-hydroxylation sites is 1. The molecule has 2 heterocycles. The van der Waals surface area contributed by atoms with Crippen LogP contribution in [-0.2, 0) is 9.53 Å².